The monoisotopic (exact) mass is 461 g/mol. The van der Waals surface area contributed by atoms with Crippen molar-refractivity contribution in [1.29, 1.82) is 0 Å². The Morgan fingerprint density at radius 3 is 2.12 bits per heavy atom. The predicted octanol–water partition coefficient (Wildman–Crippen LogP) is -0.0917. The summed E-state index contributed by atoms with van der Waals surface area (Å²) in [4.78, 5) is 58.0. The van der Waals surface area contributed by atoms with E-state index in [-0.39, 0.29) is 13.2 Å². The van der Waals surface area contributed by atoms with Gasteiger partial charge in [-0.3, -0.25) is 14.4 Å². The van der Waals surface area contributed by atoms with Crippen molar-refractivity contribution in [2.45, 2.75) is 64.4 Å². The highest BCUT2D eigenvalue weighted by Crippen LogP contribution is 2.26. The number of esters is 3. The van der Waals surface area contributed by atoms with Crippen LogP contribution in [-0.2, 0) is 47.6 Å². The first-order valence-corrected chi connectivity index (χ1v) is 9.52. The van der Waals surface area contributed by atoms with E-state index in [1.54, 1.807) is 0 Å². The number of carboxylic acid groups (broad SMARTS) is 1. The number of carbonyl (C=O) groups excluding carboxylic acids is 4. The molecule has 0 aromatic carbocycles. The van der Waals surface area contributed by atoms with Crippen LogP contribution in [0.2, 0.25) is 0 Å². The Kier molecular flexibility index (Phi) is 10.6. The van der Waals surface area contributed by atoms with Gasteiger partial charge in [-0.05, 0) is 6.92 Å². The lowest BCUT2D eigenvalue weighted by atomic mass is 10.0. The number of carboxylic acids is 1. The summed E-state index contributed by atoms with van der Waals surface area (Å²) < 4.78 is 31.2. The van der Waals surface area contributed by atoms with Gasteiger partial charge in [-0.1, -0.05) is 12.7 Å². The number of hydrogen-bond acceptors (Lipinski definition) is 11. The van der Waals surface area contributed by atoms with E-state index in [0.29, 0.717) is 0 Å². The summed E-state index contributed by atoms with van der Waals surface area (Å²) in [6.45, 7) is 7.55. The van der Waals surface area contributed by atoms with Crippen LogP contribution < -0.4 is 5.32 Å². The molecule has 0 aromatic rings. The van der Waals surface area contributed by atoms with E-state index in [0.717, 1.165) is 20.8 Å². The first-order valence-electron chi connectivity index (χ1n) is 9.52. The van der Waals surface area contributed by atoms with E-state index in [4.69, 9.17) is 28.4 Å². The molecule has 0 spiro atoms. The molecule has 13 heteroatoms. The summed E-state index contributed by atoms with van der Waals surface area (Å²) in [5.74, 6) is -3.69. The van der Waals surface area contributed by atoms with Crippen LogP contribution in [0.5, 0.6) is 0 Å². The molecule has 1 saturated heterocycles. The normalized spacial score (nSPS) is 24.2. The summed E-state index contributed by atoms with van der Waals surface area (Å²) in [6, 6.07) is -1.58. The number of alkyl carbamates (subject to hydrolysis) is 1. The Morgan fingerprint density at radius 1 is 1.06 bits per heavy atom. The van der Waals surface area contributed by atoms with Crippen LogP contribution in [0.25, 0.3) is 0 Å². The number of amides is 1. The molecule has 180 valence electrons. The second-order valence-corrected chi connectivity index (χ2v) is 6.69. The van der Waals surface area contributed by atoms with Crippen molar-refractivity contribution in [2.75, 3.05) is 13.2 Å². The van der Waals surface area contributed by atoms with Gasteiger partial charge in [-0.25, -0.2) is 9.59 Å². The Balaban J connectivity index is 3.07. The average molecular weight is 461 g/mol. The highest BCUT2D eigenvalue weighted by Gasteiger charge is 2.48. The Labute approximate surface area is 183 Å². The smallest absolute Gasteiger partial charge is 0.408 e. The number of aliphatic carboxylic acids is 1. The zero-order chi connectivity index (χ0) is 24.4. The van der Waals surface area contributed by atoms with Crippen LogP contribution in [0.3, 0.4) is 0 Å². The van der Waals surface area contributed by atoms with Crippen molar-refractivity contribution >= 4 is 30.0 Å². The number of rotatable bonds is 10. The second-order valence-electron chi connectivity index (χ2n) is 6.69. The molecule has 1 rings (SSSR count). The van der Waals surface area contributed by atoms with Gasteiger partial charge < -0.3 is 38.8 Å². The van der Waals surface area contributed by atoms with Gasteiger partial charge in [0.2, 0.25) is 0 Å². The second kappa shape index (κ2) is 12.6. The summed E-state index contributed by atoms with van der Waals surface area (Å²) in [7, 11) is 0. The molecule has 1 amide bonds. The molecular formula is C19H27NO12. The minimum absolute atomic E-state index is 0.144. The molecule has 32 heavy (non-hydrogen) atoms. The van der Waals surface area contributed by atoms with E-state index < -0.39 is 66.7 Å². The third-order valence-electron chi connectivity index (χ3n) is 3.99. The molecule has 1 aliphatic rings. The molecule has 0 saturated carbocycles. The van der Waals surface area contributed by atoms with Crippen molar-refractivity contribution < 1.29 is 57.5 Å². The van der Waals surface area contributed by atoms with E-state index in [1.165, 1.54) is 13.0 Å². The zero-order valence-corrected chi connectivity index (χ0v) is 18.1. The van der Waals surface area contributed by atoms with Gasteiger partial charge >= 0.3 is 30.0 Å². The van der Waals surface area contributed by atoms with Crippen molar-refractivity contribution in [3.8, 4) is 0 Å². The van der Waals surface area contributed by atoms with E-state index in [1.807, 2.05) is 0 Å². The fraction of sp³-hybridized carbons (Fsp3) is 0.632. The Hall–Kier alpha value is -3.19. The van der Waals surface area contributed by atoms with Gasteiger partial charge in [-0.2, -0.15) is 0 Å². The summed E-state index contributed by atoms with van der Waals surface area (Å²) in [6.07, 6.45) is -6.18. The molecule has 1 heterocycles. The molecule has 1 fully saturated rings. The van der Waals surface area contributed by atoms with Gasteiger partial charge in [0, 0.05) is 20.8 Å². The minimum atomic E-state index is -1.58. The molecule has 13 nitrogen and oxygen atoms in total. The molecule has 6 atom stereocenters. The van der Waals surface area contributed by atoms with Crippen LogP contribution in [-0.4, -0.2) is 85.0 Å². The Morgan fingerprint density at radius 2 is 1.62 bits per heavy atom. The average Bonchev–Trinajstić information content (AvgIpc) is 2.67. The maximum absolute atomic E-state index is 11.7. The van der Waals surface area contributed by atoms with Gasteiger partial charge in [0.1, 0.15) is 6.61 Å². The topological polar surface area (TPSA) is 173 Å². The number of nitrogens with one attached hydrogen (secondary N) is 1. The molecule has 1 aliphatic heterocycles. The van der Waals surface area contributed by atoms with E-state index >= 15 is 0 Å². The van der Waals surface area contributed by atoms with Gasteiger partial charge in [-0.15, -0.1) is 0 Å². The van der Waals surface area contributed by atoms with Gasteiger partial charge in [0.15, 0.2) is 30.6 Å². The van der Waals surface area contributed by atoms with Gasteiger partial charge in [0.05, 0.1) is 12.7 Å². The van der Waals surface area contributed by atoms with E-state index in [9.17, 15) is 29.1 Å². The van der Waals surface area contributed by atoms with Crippen LogP contribution in [0.15, 0.2) is 12.7 Å². The standard InChI is InChI=1S/C19H27NO12/c1-6-7-27-19(26)20-14(17(24)25)9(2)29-18-16(32-12(5)23)15(31-11(4)22)13(8-28-18)30-10(3)21/h6,9,13-16,18H,1,7-8H2,2-5H3,(H,20,26)(H,24,25)/t9-,13+,14-,15-,16+,18-/m0/s1. The van der Waals surface area contributed by atoms with E-state index in [2.05, 4.69) is 11.9 Å². The fourth-order valence-electron chi connectivity index (χ4n) is 2.80. The molecule has 2 N–H and O–H groups in total. The first kappa shape index (κ1) is 26.8. The predicted molar refractivity (Wildman–Crippen MR) is 103 cm³/mol. The quantitative estimate of drug-likeness (QED) is 0.252. The van der Waals surface area contributed by atoms with Crippen LogP contribution in [0.4, 0.5) is 4.79 Å². The number of carbonyl (C=O) groups is 5. The highest BCUT2D eigenvalue weighted by atomic mass is 16.7. The molecule has 0 radical (unpaired) electrons. The molecule has 0 aromatic heterocycles. The molecular weight excluding hydrogens is 434 g/mol. The molecule has 0 aliphatic carbocycles. The van der Waals surface area contributed by atoms with Crippen molar-refractivity contribution in [3.05, 3.63) is 12.7 Å². The lowest BCUT2D eigenvalue weighted by molar-refractivity contribution is -0.291. The maximum atomic E-state index is 11.7. The molecule has 0 unspecified atom stereocenters. The van der Waals surface area contributed by atoms with Crippen molar-refractivity contribution in [2.24, 2.45) is 0 Å². The summed E-state index contributed by atoms with van der Waals surface area (Å²) >= 11 is 0. The highest BCUT2D eigenvalue weighted by molar-refractivity contribution is 5.80. The van der Waals surface area contributed by atoms with Crippen LogP contribution in [0, 0.1) is 0 Å². The fourth-order valence-corrected chi connectivity index (χ4v) is 2.80. The maximum Gasteiger partial charge on any atom is 0.408 e. The largest absolute Gasteiger partial charge is 0.480 e. The Bertz CT molecular complexity index is 723. The third kappa shape index (κ3) is 8.51. The number of ether oxygens (including phenoxy) is 6. The molecule has 0 bridgehead atoms. The SMILES string of the molecule is C=CCOC(=O)N[C@H](C(=O)O)[C@H](C)O[C@@H]1OC[C@@H](OC(C)=O)[C@H](OC(C)=O)[C@H]1OC(C)=O. The lowest BCUT2D eigenvalue weighted by Gasteiger charge is -2.41. The number of hydrogen-bond donors (Lipinski definition) is 2. The summed E-state index contributed by atoms with van der Waals surface area (Å²) in [5, 5.41) is 11.6. The zero-order valence-electron chi connectivity index (χ0n) is 18.1. The first-order chi connectivity index (χ1) is 15.0. The van der Waals surface area contributed by atoms with Crippen molar-refractivity contribution in [1.82, 2.24) is 5.32 Å². The van der Waals surface area contributed by atoms with Crippen LogP contribution >= 0.6 is 0 Å². The van der Waals surface area contributed by atoms with Gasteiger partial charge in [0.25, 0.3) is 0 Å². The van der Waals surface area contributed by atoms with Crippen molar-refractivity contribution in [3.63, 3.8) is 0 Å². The third-order valence-corrected chi connectivity index (χ3v) is 3.99. The van der Waals surface area contributed by atoms with Crippen LogP contribution in [0.1, 0.15) is 27.7 Å². The lowest BCUT2D eigenvalue weighted by Crippen LogP contribution is -2.60. The summed E-state index contributed by atoms with van der Waals surface area (Å²) in [5.41, 5.74) is 0. The minimum Gasteiger partial charge on any atom is -0.480 e.